The average Bonchev–Trinajstić information content (AvgIpc) is 3.87. The van der Waals surface area contributed by atoms with Crippen LogP contribution in [0.1, 0.15) is 21.3 Å². The third-order valence-corrected chi connectivity index (χ3v) is 10.2. The van der Waals surface area contributed by atoms with E-state index in [1.807, 2.05) is 0 Å². The minimum absolute atomic E-state index is 0. The Morgan fingerprint density at radius 1 is 0.772 bits per heavy atom. The summed E-state index contributed by atoms with van der Waals surface area (Å²) in [6.45, 7) is 6.01. The molecule has 0 spiro atoms. The molecule has 3 saturated heterocycles. The van der Waals surface area contributed by atoms with Gasteiger partial charge in [-0.1, -0.05) is 12.0 Å². The van der Waals surface area contributed by atoms with Gasteiger partial charge in [-0.25, -0.2) is 14.4 Å². The number of nitrogens with two attached hydrogens (primary N) is 3. The molecular weight excluding hydrogens is 823 g/mol. The Balaban J connectivity index is 0.000000292. The number of hydrogen-bond acceptors (Lipinski definition) is 19. The zero-order chi connectivity index (χ0) is 40.4. The molecule has 10 N–H and O–H groups in total. The summed E-state index contributed by atoms with van der Waals surface area (Å²) < 4.78 is 73.8. The number of nitrogens with zero attached hydrogens (tertiary/aromatic N) is 6. The van der Waals surface area contributed by atoms with Gasteiger partial charge in [-0.15, -0.1) is 0 Å². The molecule has 318 valence electrons. The van der Waals surface area contributed by atoms with E-state index in [9.17, 15) is 33.0 Å². The first-order valence-electron chi connectivity index (χ1n) is 16.3. The van der Waals surface area contributed by atoms with E-state index in [0.29, 0.717) is 13.2 Å². The maximum atomic E-state index is 11.9. The number of rotatable bonds is 11. The Labute approximate surface area is 326 Å². The van der Waals surface area contributed by atoms with Gasteiger partial charge in [0.1, 0.15) is 42.4 Å². The summed E-state index contributed by atoms with van der Waals surface area (Å²) in [5.74, 6) is 0.457. The molecule has 3 aromatic heterocycles. The molecule has 6 heterocycles. The Hall–Kier alpha value is -3.93. The fourth-order valence-electron chi connectivity index (χ4n) is 4.82. The molecule has 0 aromatic carbocycles. The van der Waals surface area contributed by atoms with Gasteiger partial charge in [0.15, 0.2) is 0 Å². The molecule has 9 unspecified atom stereocenters. The first kappa shape index (κ1) is 49.2. The van der Waals surface area contributed by atoms with E-state index in [4.69, 9.17) is 55.0 Å². The smallest absolute Gasteiger partial charge is 0.412 e. The highest BCUT2D eigenvalue weighted by molar-refractivity contribution is 7.53. The maximum Gasteiger partial charge on any atom is 0.569 e. The highest BCUT2D eigenvalue weighted by Gasteiger charge is 2.43. The lowest BCUT2D eigenvalue weighted by atomic mass is 10.4. The van der Waals surface area contributed by atoms with Crippen LogP contribution in [-0.4, -0.2) is 113 Å². The molecule has 0 radical (unpaired) electrons. The molecule has 0 amide bonds. The quantitative estimate of drug-likeness (QED) is 0.147. The normalized spacial score (nSPS) is 24.1. The molecule has 0 aliphatic carbocycles. The zero-order valence-electron chi connectivity index (χ0n) is 30.2. The molecule has 0 saturated carbocycles. The van der Waals surface area contributed by atoms with Gasteiger partial charge in [-0.05, 0) is 36.6 Å². The second-order valence-corrected chi connectivity index (χ2v) is 16.4. The van der Waals surface area contributed by atoms with Gasteiger partial charge in [0.2, 0.25) is 0 Å². The summed E-state index contributed by atoms with van der Waals surface area (Å²) in [6, 6.07) is 1.37. The van der Waals surface area contributed by atoms with Crippen LogP contribution in [0.2, 0.25) is 0 Å². The van der Waals surface area contributed by atoms with Crippen molar-refractivity contribution in [2.75, 3.05) is 43.7 Å². The number of anilines is 3. The van der Waals surface area contributed by atoms with E-state index >= 15 is 0 Å². The lowest BCUT2D eigenvalue weighted by molar-refractivity contribution is -0.0226. The third kappa shape index (κ3) is 15.1. The van der Waals surface area contributed by atoms with Crippen LogP contribution in [0.25, 0.3) is 0 Å². The van der Waals surface area contributed by atoms with Crippen molar-refractivity contribution in [2.45, 2.75) is 83.4 Å². The second kappa shape index (κ2) is 22.3. The van der Waals surface area contributed by atoms with Gasteiger partial charge in [-0.3, -0.25) is 18.3 Å². The van der Waals surface area contributed by atoms with E-state index in [0.717, 1.165) is 0 Å². The van der Waals surface area contributed by atoms with Crippen LogP contribution >= 0.6 is 23.4 Å². The van der Waals surface area contributed by atoms with Gasteiger partial charge in [0.25, 0.3) is 6.03 Å². The summed E-state index contributed by atoms with van der Waals surface area (Å²) in [5, 5.41) is 0. The fraction of sp³-hybridized carbons (Fsp3) is 0.586. The van der Waals surface area contributed by atoms with Crippen molar-refractivity contribution in [1.82, 2.24) is 28.7 Å². The van der Waals surface area contributed by atoms with Crippen molar-refractivity contribution >= 4 is 40.9 Å². The Morgan fingerprint density at radius 2 is 1.14 bits per heavy atom. The van der Waals surface area contributed by atoms with Gasteiger partial charge >= 0.3 is 52.6 Å². The van der Waals surface area contributed by atoms with Gasteiger partial charge in [0, 0.05) is 18.6 Å². The fourth-order valence-corrected chi connectivity index (χ4v) is 7.25. The maximum absolute atomic E-state index is 11.9. The van der Waals surface area contributed by atoms with Crippen molar-refractivity contribution in [3.8, 4) is 0 Å². The molecule has 9 atom stereocenters. The van der Waals surface area contributed by atoms with Gasteiger partial charge < -0.3 is 60.5 Å². The Kier molecular flexibility index (Phi) is 19.2. The molecule has 25 nitrogen and oxygen atoms in total. The lowest BCUT2D eigenvalue weighted by Crippen LogP contribution is -2.29. The molecule has 0 bridgehead atoms. The Bertz CT molecular complexity index is 1950. The summed E-state index contributed by atoms with van der Waals surface area (Å²) in [5.41, 5.74) is 14.7. The number of nitrogen functional groups attached to an aromatic ring is 3. The lowest BCUT2D eigenvalue weighted by Gasteiger charge is -2.19. The highest BCUT2D eigenvalue weighted by atomic mass is 31.2. The first-order valence-corrected chi connectivity index (χ1v) is 21.0. The SMILES string of the molecule is C.CC(C)OP(=O)(O)C1OCC(Cn2ccc(N)nc2=O)O1.C[P+](=O)C1OCC(Cn2ccc(N)nc2=O)O1.Nc1ccn(CC2COC([P+](=O)O)O2)c(=O)n1.O. The third-order valence-electron chi connectivity index (χ3n) is 7.19. The van der Waals surface area contributed by atoms with Crippen LogP contribution in [0, 0.1) is 0 Å². The van der Waals surface area contributed by atoms with Crippen molar-refractivity contribution in [2.24, 2.45) is 0 Å². The molecule has 28 heteroatoms. The predicted octanol–water partition coefficient (Wildman–Crippen LogP) is -0.813. The van der Waals surface area contributed by atoms with Crippen molar-refractivity contribution in [3.63, 3.8) is 0 Å². The zero-order valence-corrected chi connectivity index (χ0v) is 32.9. The van der Waals surface area contributed by atoms with E-state index in [-0.39, 0.29) is 62.8 Å². The van der Waals surface area contributed by atoms with Crippen molar-refractivity contribution < 1.29 is 61.9 Å². The predicted molar refractivity (Wildman–Crippen MR) is 202 cm³/mol. The minimum Gasteiger partial charge on any atom is -0.412 e. The Morgan fingerprint density at radius 3 is 1.47 bits per heavy atom. The van der Waals surface area contributed by atoms with Crippen LogP contribution < -0.4 is 34.3 Å². The first-order chi connectivity index (χ1) is 25.9. The standard InChI is InChI=1S/C11H18N3O6P.C9H12N3O4P.C8H10N3O5P.CH4.H2O/c1-7(2)20-21(16,17)11-18-6-8(19-11)5-14-4-3-9(12)13-10(14)15;1-17(14)9-15-5-6(16-9)4-12-3-2-7(10)11-8(12)13;9-6-1-2-11(7(12)10-6)3-5-4-15-8(16-5)17(13)14;;/h3-4,7-8,11H,5-6H2,1-2H3,(H,16,17)(H2,12,13,15);2-3,6,9H,4-5H2,1H3,(H-,10,11,13);1-2,5,8H,3-4H2,(H2-,9,10,12,13,14);1H4;1H2/p+2. The number of hydrogen-bond donors (Lipinski definition) is 5. The van der Waals surface area contributed by atoms with Crippen LogP contribution in [0.3, 0.4) is 0 Å². The number of aromatic nitrogens is 6. The van der Waals surface area contributed by atoms with E-state index in [2.05, 4.69) is 15.0 Å². The van der Waals surface area contributed by atoms with Gasteiger partial charge in [-0.2, -0.15) is 19.8 Å². The largest absolute Gasteiger partial charge is 0.569 e. The topological polar surface area (TPSA) is 371 Å². The summed E-state index contributed by atoms with van der Waals surface area (Å²) in [4.78, 5) is 63.7. The molecular formula is C29H48N9O16P3+2. The van der Waals surface area contributed by atoms with E-state index < -0.39 is 76.9 Å². The van der Waals surface area contributed by atoms with Crippen LogP contribution in [0.4, 0.5) is 17.5 Å². The van der Waals surface area contributed by atoms with Crippen LogP contribution in [0.15, 0.2) is 51.2 Å². The van der Waals surface area contributed by atoms with Crippen molar-refractivity contribution in [3.05, 3.63) is 68.2 Å². The molecule has 3 aliphatic rings. The van der Waals surface area contributed by atoms with Crippen molar-refractivity contribution in [1.29, 1.82) is 0 Å². The summed E-state index contributed by atoms with van der Waals surface area (Å²) in [6.07, 6.45) is 2.79. The summed E-state index contributed by atoms with van der Waals surface area (Å²) in [7, 11) is -8.09. The molecule has 3 fully saturated rings. The molecule has 6 rings (SSSR count). The molecule has 57 heavy (non-hydrogen) atoms. The monoisotopic (exact) mass is 871 g/mol. The van der Waals surface area contributed by atoms with E-state index in [1.165, 1.54) is 44.3 Å². The van der Waals surface area contributed by atoms with E-state index in [1.54, 1.807) is 26.7 Å². The average molecular weight is 872 g/mol. The second-order valence-electron chi connectivity index (χ2n) is 12.1. The number of ether oxygens (including phenoxy) is 6. The highest BCUT2D eigenvalue weighted by Crippen LogP contribution is 2.51. The molecule has 3 aromatic rings. The van der Waals surface area contributed by atoms with Crippen LogP contribution in [0.5, 0.6) is 0 Å². The molecule has 3 aliphatic heterocycles. The summed E-state index contributed by atoms with van der Waals surface area (Å²) >= 11 is 0. The van der Waals surface area contributed by atoms with Crippen LogP contribution in [-0.2, 0) is 66.3 Å². The minimum atomic E-state index is -4.03. The van der Waals surface area contributed by atoms with Gasteiger partial charge in [0.05, 0.1) is 45.6 Å².